The first-order chi connectivity index (χ1) is 11.0. The molecule has 23 heavy (non-hydrogen) atoms. The van der Waals surface area contributed by atoms with Crippen LogP contribution in [-0.2, 0) is 0 Å². The van der Waals surface area contributed by atoms with Crippen LogP contribution in [0.5, 0.6) is 5.75 Å². The van der Waals surface area contributed by atoms with Crippen LogP contribution >= 0.6 is 0 Å². The van der Waals surface area contributed by atoms with Crippen LogP contribution in [0.2, 0.25) is 0 Å². The van der Waals surface area contributed by atoms with Gasteiger partial charge in [0, 0.05) is 5.69 Å². The summed E-state index contributed by atoms with van der Waals surface area (Å²) in [6.45, 7) is -2.95. The highest BCUT2D eigenvalue weighted by Crippen LogP contribution is 2.42. The van der Waals surface area contributed by atoms with Gasteiger partial charge in [-0.3, -0.25) is 4.79 Å². The molecule has 0 radical (unpaired) electrons. The summed E-state index contributed by atoms with van der Waals surface area (Å²) < 4.78 is 41.9. The Morgan fingerprint density at radius 1 is 1.26 bits per heavy atom. The predicted octanol–water partition coefficient (Wildman–Crippen LogP) is 3.95. The molecule has 120 valence electrons. The number of hydrogen-bond acceptors (Lipinski definition) is 3. The molecule has 1 heterocycles. The topological polar surface area (TPSA) is 51.2 Å². The molecule has 0 saturated heterocycles. The number of nitrogens with zero attached hydrogens (tertiary/aromatic N) is 1. The molecular formula is C16H13F3N2O2. The molecule has 0 spiro atoms. The Balaban J connectivity index is 1.70. The fraction of sp³-hybridized carbons (Fsp3) is 0.250. The average molecular weight is 322 g/mol. The number of rotatable bonds is 5. The fourth-order valence-electron chi connectivity index (χ4n) is 2.21. The Bertz CT molecular complexity index is 716. The molecule has 1 aliphatic rings. The number of alkyl halides is 2. The Morgan fingerprint density at radius 3 is 2.65 bits per heavy atom. The number of carbonyl (C=O) groups excluding carboxylic acids is 1. The van der Waals surface area contributed by atoms with E-state index < -0.39 is 12.5 Å². The van der Waals surface area contributed by atoms with Gasteiger partial charge in [-0.25, -0.2) is 9.37 Å². The largest absolute Gasteiger partial charge is 0.433 e. The summed E-state index contributed by atoms with van der Waals surface area (Å²) in [6, 6.07) is 6.90. The van der Waals surface area contributed by atoms with E-state index in [1.165, 1.54) is 24.3 Å². The van der Waals surface area contributed by atoms with Gasteiger partial charge in [-0.1, -0.05) is 0 Å². The van der Waals surface area contributed by atoms with Crippen LogP contribution in [0.1, 0.15) is 34.8 Å². The van der Waals surface area contributed by atoms with E-state index in [1.807, 2.05) is 0 Å². The van der Waals surface area contributed by atoms with Crippen molar-refractivity contribution in [3.8, 4) is 5.75 Å². The predicted molar refractivity (Wildman–Crippen MR) is 77.2 cm³/mol. The number of pyridine rings is 1. The minimum absolute atomic E-state index is 0.0453. The van der Waals surface area contributed by atoms with E-state index in [1.54, 1.807) is 6.07 Å². The molecule has 1 aromatic heterocycles. The van der Waals surface area contributed by atoms with E-state index in [0.29, 0.717) is 11.3 Å². The molecule has 4 nitrogen and oxygen atoms in total. The van der Waals surface area contributed by atoms with Gasteiger partial charge in [0.1, 0.15) is 17.3 Å². The first-order valence-electron chi connectivity index (χ1n) is 7.04. The van der Waals surface area contributed by atoms with E-state index in [9.17, 15) is 18.0 Å². The number of ether oxygens (including phenoxy) is 1. The van der Waals surface area contributed by atoms with Gasteiger partial charge in [-0.05, 0) is 54.7 Å². The van der Waals surface area contributed by atoms with E-state index >= 15 is 0 Å². The second-order valence-corrected chi connectivity index (χ2v) is 5.22. The van der Waals surface area contributed by atoms with E-state index in [-0.39, 0.29) is 23.2 Å². The Hall–Kier alpha value is -2.57. The van der Waals surface area contributed by atoms with Crippen LogP contribution in [-0.4, -0.2) is 17.5 Å². The summed E-state index contributed by atoms with van der Waals surface area (Å²) in [5.74, 6) is -0.704. The van der Waals surface area contributed by atoms with Gasteiger partial charge < -0.3 is 10.1 Å². The van der Waals surface area contributed by atoms with Crippen LogP contribution in [0.25, 0.3) is 0 Å². The fourth-order valence-corrected chi connectivity index (χ4v) is 2.21. The zero-order valence-electron chi connectivity index (χ0n) is 11.9. The quantitative estimate of drug-likeness (QED) is 0.907. The van der Waals surface area contributed by atoms with Crippen LogP contribution in [0.15, 0.2) is 36.5 Å². The summed E-state index contributed by atoms with van der Waals surface area (Å²) in [7, 11) is 0. The lowest BCUT2D eigenvalue weighted by molar-refractivity contribution is -0.0500. The number of nitrogens with one attached hydrogen (secondary N) is 1. The van der Waals surface area contributed by atoms with Crippen molar-refractivity contribution in [1.29, 1.82) is 0 Å². The van der Waals surface area contributed by atoms with Crippen LogP contribution < -0.4 is 10.1 Å². The van der Waals surface area contributed by atoms with Gasteiger partial charge >= 0.3 is 6.61 Å². The Morgan fingerprint density at radius 2 is 2.04 bits per heavy atom. The van der Waals surface area contributed by atoms with Crippen molar-refractivity contribution in [3.05, 3.63) is 53.6 Å². The molecule has 0 aliphatic heterocycles. The van der Waals surface area contributed by atoms with E-state index in [4.69, 9.17) is 0 Å². The maximum absolute atomic E-state index is 13.7. The molecule has 1 aromatic carbocycles. The molecule has 0 unspecified atom stereocenters. The standard InChI is InChI=1S/C16H13F3N2O2/c17-13-5-3-10(7-12(13)9-1-2-9)21-15(22)14-6-4-11(8-20-14)23-16(18)19/h3-9,16H,1-2H2,(H,21,22). The molecule has 1 saturated carbocycles. The van der Waals surface area contributed by atoms with Gasteiger partial charge in [-0.2, -0.15) is 8.78 Å². The second kappa shape index (κ2) is 6.28. The molecular weight excluding hydrogens is 309 g/mol. The van der Waals surface area contributed by atoms with Gasteiger partial charge in [0.2, 0.25) is 0 Å². The number of anilines is 1. The summed E-state index contributed by atoms with van der Waals surface area (Å²) in [4.78, 5) is 15.8. The summed E-state index contributed by atoms with van der Waals surface area (Å²) >= 11 is 0. The third-order valence-electron chi connectivity index (χ3n) is 3.47. The van der Waals surface area contributed by atoms with Crippen LogP contribution in [0.4, 0.5) is 18.9 Å². The molecule has 7 heteroatoms. The molecule has 1 aliphatic carbocycles. The van der Waals surface area contributed by atoms with Crippen molar-refractivity contribution in [1.82, 2.24) is 4.98 Å². The minimum Gasteiger partial charge on any atom is -0.433 e. The number of hydrogen-bond donors (Lipinski definition) is 1. The SMILES string of the molecule is O=C(Nc1ccc(F)c(C2CC2)c1)c1ccc(OC(F)F)cn1. The molecule has 1 fully saturated rings. The number of halogens is 3. The Labute approximate surface area is 130 Å². The van der Waals surface area contributed by atoms with Gasteiger partial charge in [0.25, 0.3) is 5.91 Å². The first kappa shape index (κ1) is 15.3. The van der Waals surface area contributed by atoms with Crippen molar-refractivity contribution in [3.63, 3.8) is 0 Å². The molecule has 1 amide bonds. The van der Waals surface area contributed by atoms with Crippen molar-refractivity contribution in [2.45, 2.75) is 25.4 Å². The van der Waals surface area contributed by atoms with Crippen LogP contribution in [0, 0.1) is 5.82 Å². The van der Waals surface area contributed by atoms with Gasteiger partial charge in [0.05, 0.1) is 6.20 Å². The third kappa shape index (κ3) is 3.80. The normalized spacial score (nSPS) is 13.9. The number of carbonyl (C=O) groups is 1. The maximum atomic E-state index is 13.7. The highest BCUT2D eigenvalue weighted by Gasteiger charge is 2.26. The molecule has 1 N–H and O–H groups in total. The average Bonchev–Trinajstić information content (AvgIpc) is 3.34. The van der Waals surface area contributed by atoms with E-state index in [2.05, 4.69) is 15.0 Å². The van der Waals surface area contributed by atoms with Crippen LogP contribution in [0.3, 0.4) is 0 Å². The zero-order chi connectivity index (χ0) is 16.4. The lowest BCUT2D eigenvalue weighted by Gasteiger charge is -2.08. The van der Waals surface area contributed by atoms with Crippen molar-refractivity contribution >= 4 is 11.6 Å². The highest BCUT2D eigenvalue weighted by molar-refractivity contribution is 6.02. The summed E-state index contributed by atoms with van der Waals surface area (Å²) in [5, 5.41) is 2.61. The van der Waals surface area contributed by atoms with Gasteiger partial charge in [-0.15, -0.1) is 0 Å². The summed E-state index contributed by atoms with van der Waals surface area (Å²) in [6.07, 6.45) is 2.93. The molecule has 0 atom stereocenters. The molecule has 2 aromatic rings. The monoisotopic (exact) mass is 322 g/mol. The molecule has 3 rings (SSSR count). The lowest BCUT2D eigenvalue weighted by atomic mass is 10.1. The lowest BCUT2D eigenvalue weighted by Crippen LogP contribution is -2.14. The van der Waals surface area contributed by atoms with Gasteiger partial charge in [0.15, 0.2) is 0 Å². The first-order valence-corrected chi connectivity index (χ1v) is 7.04. The Kier molecular flexibility index (Phi) is 4.18. The van der Waals surface area contributed by atoms with Crippen molar-refractivity contribution in [2.75, 3.05) is 5.32 Å². The number of benzene rings is 1. The van der Waals surface area contributed by atoms with E-state index in [0.717, 1.165) is 19.0 Å². The third-order valence-corrected chi connectivity index (χ3v) is 3.47. The van der Waals surface area contributed by atoms with Crippen molar-refractivity contribution < 1.29 is 22.7 Å². The summed E-state index contributed by atoms with van der Waals surface area (Å²) in [5.41, 5.74) is 1.10. The minimum atomic E-state index is -2.95. The number of amides is 1. The molecule has 0 bridgehead atoms. The van der Waals surface area contributed by atoms with Crippen molar-refractivity contribution in [2.24, 2.45) is 0 Å². The second-order valence-electron chi connectivity index (χ2n) is 5.22. The highest BCUT2D eigenvalue weighted by atomic mass is 19.3. The zero-order valence-corrected chi connectivity index (χ0v) is 11.9. The smallest absolute Gasteiger partial charge is 0.387 e. The maximum Gasteiger partial charge on any atom is 0.387 e. The number of aromatic nitrogens is 1.